The molecule has 4 rings (SSSR count). The summed E-state index contributed by atoms with van der Waals surface area (Å²) in [4.78, 5) is 13.3. The lowest BCUT2D eigenvalue weighted by molar-refractivity contribution is -0.157. The zero-order valence-electron chi connectivity index (χ0n) is 15.6. The maximum Gasteiger partial charge on any atom is 0.435 e. The van der Waals surface area contributed by atoms with Gasteiger partial charge in [-0.1, -0.05) is 12.1 Å². The number of alkyl halides is 5. The molecule has 1 fully saturated rings. The topological polar surface area (TPSA) is 38.1 Å². The Bertz CT molecular complexity index is 911. The largest absolute Gasteiger partial charge is 0.435 e. The van der Waals surface area contributed by atoms with Gasteiger partial charge < -0.3 is 4.90 Å². The normalized spacial score (nSPS) is 17.5. The molecule has 1 amide bonds. The second-order valence-corrected chi connectivity index (χ2v) is 7.51. The fourth-order valence-corrected chi connectivity index (χ4v) is 4.09. The molecular formula is C20H20F5N3O. The molecule has 0 spiro atoms. The zero-order chi connectivity index (χ0) is 20.8. The van der Waals surface area contributed by atoms with Gasteiger partial charge in [0.05, 0.1) is 5.69 Å². The van der Waals surface area contributed by atoms with Gasteiger partial charge in [0.2, 0.25) is 0 Å². The lowest BCUT2D eigenvalue weighted by Gasteiger charge is -2.23. The number of hydrogen-bond donors (Lipinski definition) is 0. The average molecular weight is 413 g/mol. The van der Waals surface area contributed by atoms with Crippen molar-refractivity contribution in [3.8, 4) is 5.69 Å². The van der Waals surface area contributed by atoms with Crippen LogP contribution in [0.3, 0.4) is 0 Å². The molecule has 2 aromatic rings. The molecule has 29 heavy (non-hydrogen) atoms. The van der Waals surface area contributed by atoms with E-state index in [2.05, 4.69) is 5.10 Å². The fourth-order valence-electron chi connectivity index (χ4n) is 4.09. The molecule has 4 nitrogen and oxygen atoms in total. The first-order valence-corrected chi connectivity index (χ1v) is 9.65. The smallest absolute Gasteiger partial charge is 0.337 e. The van der Waals surface area contributed by atoms with E-state index in [-0.39, 0.29) is 11.3 Å². The lowest BCUT2D eigenvalue weighted by Crippen LogP contribution is -2.40. The summed E-state index contributed by atoms with van der Waals surface area (Å²) in [5.41, 5.74) is -0.466. The molecule has 0 atom stereocenters. The van der Waals surface area contributed by atoms with Crippen molar-refractivity contribution >= 4 is 5.91 Å². The van der Waals surface area contributed by atoms with E-state index in [1.807, 2.05) is 0 Å². The molecular weight excluding hydrogens is 393 g/mol. The summed E-state index contributed by atoms with van der Waals surface area (Å²) < 4.78 is 70.4. The summed E-state index contributed by atoms with van der Waals surface area (Å²) in [5.74, 6) is -4.91. The van der Waals surface area contributed by atoms with Crippen LogP contribution in [0.25, 0.3) is 5.69 Å². The van der Waals surface area contributed by atoms with Gasteiger partial charge in [0.25, 0.3) is 5.91 Å². The van der Waals surface area contributed by atoms with Gasteiger partial charge >= 0.3 is 12.1 Å². The van der Waals surface area contributed by atoms with Crippen molar-refractivity contribution in [2.45, 2.75) is 50.6 Å². The van der Waals surface area contributed by atoms with E-state index in [0.717, 1.165) is 23.5 Å². The highest BCUT2D eigenvalue weighted by atomic mass is 19.4. The van der Waals surface area contributed by atoms with Gasteiger partial charge in [0.1, 0.15) is 0 Å². The van der Waals surface area contributed by atoms with E-state index < -0.39 is 29.3 Å². The molecule has 2 heterocycles. The molecule has 0 radical (unpaired) electrons. The summed E-state index contributed by atoms with van der Waals surface area (Å²) in [6.45, 7) is 0.623. The lowest BCUT2D eigenvalue weighted by atomic mass is 9.95. The molecule has 2 aliphatic rings. The summed E-state index contributed by atoms with van der Waals surface area (Å²) in [6.07, 6.45) is -1.02. The number of carbonyl (C=O) groups excluding carboxylic acids is 1. The number of amides is 1. The Morgan fingerprint density at radius 1 is 0.897 bits per heavy atom. The van der Waals surface area contributed by atoms with Crippen LogP contribution in [0.15, 0.2) is 24.3 Å². The van der Waals surface area contributed by atoms with Crippen molar-refractivity contribution in [2.24, 2.45) is 0 Å². The molecule has 1 aromatic carbocycles. The Morgan fingerprint density at radius 3 is 2.14 bits per heavy atom. The van der Waals surface area contributed by atoms with Crippen LogP contribution in [0.1, 0.15) is 48.2 Å². The van der Waals surface area contributed by atoms with Crippen LogP contribution >= 0.6 is 0 Å². The Kier molecular flexibility index (Phi) is 4.86. The molecule has 1 aliphatic carbocycles. The number of halogens is 5. The van der Waals surface area contributed by atoms with Crippen molar-refractivity contribution in [3.63, 3.8) is 0 Å². The van der Waals surface area contributed by atoms with Crippen LogP contribution in [-0.2, 0) is 29.7 Å². The van der Waals surface area contributed by atoms with Gasteiger partial charge in [-0.2, -0.15) is 27.1 Å². The third kappa shape index (κ3) is 3.51. The Balaban J connectivity index is 1.66. The Morgan fingerprint density at radius 2 is 1.52 bits per heavy atom. The van der Waals surface area contributed by atoms with Gasteiger partial charge in [0.15, 0.2) is 5.69 Å². The molecule has 1 saturated heterocycles. The monoisotopic (exact) mass is 413 g/mol. The van der Waals surface area contributed by atoms with Gasteiger partial charge in [-0.25, -0.2) is 4.68 Å². The number of aromatic nitrogens is 2. The van der Waals surface area contributed by atoms with Crippen LogP contribution in [0.2, 0.25) is 0 Å². The first-order chi connectivity index (χ1) is 13.7. The van der Waals surface area contributed by atoms with Crippen molar-refractivity contribution in [1.29, 1.82) is 0 Å². The minimum Gasteiger partial charge on any atom is -0.337 e. The molecule has 0 unspecified atom stereocenters. The highest BCUT2D eigenvalue weighted by molar-refractivity contribution is 5.85. The number of rotatable bonds is 3. The minimum atomic E-state index is -4.57. The third-order valence-corrected chi connectivity index (χ3v) is 5.59. The van der Waals surface area contributed by atoms with E-state index in [1.54, 1.807) is 0 Å². The van der Waals surface area contributed by atoms with E-state index >= 15 is 0 Å². The SMILES string of the molecule is O=C(N1CCCC1)C(F)(F)c1ccc(-n2nc(C(F)(F)F)c3c2CCCC3)cc1. The van der Waals surface area contributed by atoms with E-state index in [0.29, 0.717) is 50.9 Å². The highest BCUT2D eigenvalue weighted by Crippen LogP contribution is 2.37. The van der Waals surface area contributed by atoms with E-state index in [4.69, 9.17) is 0 Å². The van der Waals surface area contributed by atoms with Crippen molar-refractivity contribution in [2.75, 3.05) is 13.1 Å². The van der Waals surface area contributed by atoms with Gasteiger partial charge in [0, 0.05) is 29.9 Å². The van der Waals surface area contributed by atoms with Crippen molar-refractivity contribution in [3.05, 3.63) is 46.8 Å². The van der Waals surface area contributed by atoms with Gasteiger partial charge in [-0.15, -0.1) is 0 Å². The maximum atomic E-state index is 14.6. The first kappa shape index (κ1) is 19.8. The highest BCUT2D eigenvalue weighted by Gasteiger charge is 2.44. The van der Waals surface area contributed by atoms with Crippen LogP contribution < -0.4 is 0 Å². The quantitative estimate of drug-likeness (QED) is 0.696. The second-order valence-electron chi connectivity index (χ2n) is 7.51. The third-order valence-electron chi connectivity index (χ3n) is 5.59. The number of nitrogens with zero attached hydrogens (tertiary/aromatic N) is 3. The molecule has 0 saturated carbocycles. The molecule has 0 N–H and O–H groups in total. The predicted molar refractivity (Wildman–Crippen MR) is 94.9 cm³/mol. The number of fused-ring (bicyclic) bond motifs is 1. The van der Waals surface area contributed by atoms with Crippen LogP contribution in [-0.4, -0.2) is 33.7 Å². The van der Waals surface area contributed by atoms with E-state index in [9.17, 15) is 26.7 Å². The van der Waals surface area contributed by atoms with Crippen LogP contribution in [0.5, 0.6) is 0 Å². The van der Waals surface area contributed by atoms with Crippen LogP contribution in [0, 0.1) is 0 Å². The molecule has 1 aliphatic heterocycles. The second kappa shape index (κ2) is 7.11. The maximum absolute atomic E-state index is 14.6. The number of likely N-dealkylation sites (tertiary alicyclic amines) is 1. The Labute approximate surface area is 164 Å². The standard InChI is InChI=1S/C20H20F5N3O/c21-19(22,18(29)27-11-3-4-12-27)13-7-9-14(10-8-13)28-16-6-2-1-5-15(16)17(26-28)20(23,24)25/h7-10H,1-6,11-12H2. The molecule has 156 valence electrons. The van der Waals surface area contributed by atoms with Crippen LogP contribution in [0.4, 0.5) is 22.0 Å². The fraction of sp³-hybridized carbons (Fsp3) is 0.500. The van der Waals surface area contributed by atoms with Crippen molar-refractivity contribution < 1.29 is 26.7 Å². The molecule has 9 heteroatoms. The molecule has 1 aromatic heterocycles. The predicted octanol–water partition coefficient (Wildman–Crippen LogP) is 4.48. The summed E-state index contributed by atoms with van der Waals surface area (Å²) in [7, 11) is 0. The number of hydrogen-bond acceptors (Lipinski definition) is 2. The molecule has 0 bridgehead atoms. The zero-order valence-corrected chi connectivity index (χ0v) is 15.6. The van der Waals surface area contributed by atoms with Gasteiger partial charge in [-0.3, -0.25) is 4.79 Å². The van der Waals surface area contributed by atoms with E-state index in [1.165, 1.54) is 16.8 Å². The Hall–Kier alpha value is -2.45. The van der Waals surface area contributed by atoms with Crippen molar-refractivity contribution in [1.82, 2.24) is 14.7 Å². The summed E-state index contributed by atoms with van der Waals surface area (Å²) >= 11 is 0. The minimum absolute atomic E-state index is 0.183. The summed E-state index contributed by atoms with van der Waals surface area (Å²) in [5, 5.41) is 3.75. The number of benzene rings is 1. The van der Waals surface area contributed by atoms with Gasteiger partial charge in [-0.05, 0) is 50.7 Å². The average Bonchev–Trinajstić information content (AvgIpc) is 3.35. The first-order valence-electron chi connectivity index (χ1n) is 9.65. The summed E-state index contributed by atoms with van der Waals surface area (Å²) in [6, 6.07) is 4.77. The number of carbonyl (C=O) groups is 1.